The molecule has 7 nitrogen and oxygen atoms in total. The highest BCUT2D eigenvalue weighted by molar-refractivity contribution is 5.79. The van der Waals surface area contributed by atoms with Gasteiger partial charge in [-0.1, -0.05) is 17.7 Å². The molecule has 1 aromatic carbocycles. The molecule has 1 aliphatic heterocycles. The predicted octanol–water partition coefficient (Wildman–Crippen LogP) is 2.25. The number of hydrogen-bond donors (Lipinski definition) is 3. The van der Waals surface area contributed by atoms with E-state index in [0.29, 0.717) is 51.0 Å². The normalized spacial score (nSPS) is 16.9. The molecule has 2 heterocycles. The highest BCUT2D eigenvalue weighted by Gasteiger charge is 2.29. The van der Waals surface area contributed by atoms with Crippen molar-refractivity contribution in [3.05, 3.63) is 41.8 Å². The van der Waals surface area contributed by atoms with Crippen LogP contribution < -0.4 is 10.6 Å². The highest BCUT2D eigenvalue weighted by atomic mass is 16.5. The van der Waals surface area contributed by atoms with Crippen molar-refractivity contribution >= 4 is 5.96 Å². The van der Waals surface area contributed by atoms with Crippen molar-refractivity contribution in [2.24, 2.45) is 4.99 Å². The average molecular weight is 372 g/mol. The Morgan fingerprint density at radius 2 is 1.96 bits per heavy atom. The highest BCUT2D eigenvalue weighted by Crippen LogP contribution is 2.20. The lowest BCUT2D eigenvalue weighted by atomic mass is 9.94. The summed E-state index contributed by atoms with van der Waals surface area (Å²) in [4.78, 5) is 9.06. The maximum absolute atomic E-state index is 10.6. The zero-order valence-electron chi connectivity index (χ0n) is 16.0. The zero-order chi connectivity index (χ0) is 19.1. The van der Waals surface area contributed by atoms with Gasteiger partial charge in [0, 0.05) is 44.7 Å². The molecule has 0 spiro atoms. The van der Waals surface area contributed by atoms with Crippen molar-refractivity contribution < 1.29 is 14.3 Å². The number of aromatic nitrogens is 1. The van der Waals surface area contributed by atoms with E-state index in [1.54, 1.807) is 6.26 Å². The van der Waals surface area contributed by atoms with Crippen LogP contribution in [-0.2, 0) is 11.3 Å². The molecule has 1 aliphatic rings. The molecule has 0 atom stereocenters. The third kappa shape index (κ3) is 5.55. The summed E-state index contributed by atoms with van der Waals surface area (Å²) >= 11 is 0. The summed E-state index contributed by atoms with van der Waals surface area (Å²) in [6, 6.07) is 8.06. The summed E-state index contributed by atoms with van der Waals surface area (Å²) in [6.45, 7) is 6.80. The standard InChI is InChI=1S/C20H28N4O3/c1-3-21-19(23-14-20(25)8-10-26-11-9-20)22-12-17-13-27-18(24-17)16-6-4-15(2)5-7-16/h4-7,13,25H,3,8-12,14H2,1-2H3,(H2,21,22,23). The lowest BCUT2D eigenvalue weighted by Gasteiger charge is -2.32. The van der Waals surface area contributed by atoms with E-state index in [0.717, 1.165) is 17.8 Å². The van der Waals surface area contributed by atoms with Crippen LogP contribution in [-0.4, -0.2) is 48.0 Å². The van der Waals surface area contributed by atoms with Crippen LogP contribution in [0.3, 0.4) is 0 Å². The van der Waals surface area contributed by atoms with Crippen LogP contribution in [0.5, 0.6) is 0 Å². The Hall–Kier alpha value is -2.38. The first-order chi connectivity index (χ1) is 13.1. The van der Waals surface area contributed by atoms with E-state index in [2.05, 4.69) is 20.6 Å². The molecule has 0 saturated carbocycles. The zero-order valence-corrected chi connectivity index (χ0v) is 16.0. The van der Waals surface area contributed by atoms with E-state index in [-0.39, 0.29) is 0 Å². The van der Waals surface area contributed by atoms with Crippen LogP contribution in [0.1, 0.15) is 31.0 Å². The average Bonchev–Trinajstić information content (AvgIpc) is 3.14. The van der Waals surface area contributed by atoms with Gasteiger partial charge in [0.1, 0.15) is 12.0 Å². The van der Waals surface area contributed by atoms with E-state index in [9.17, 15) is 5.11 Å². The second-order valence-corrected chi connectivity index (χ2v) is 6.90. The van der Waals surface area contributed by atoms with Gasteiger partial charge in [0.25, 0.3) is 0 Å². The molecule has 0 radical (unpaired) electrons. The van der Waals surface area contributed by atoms with Gasteiger partial charge in [0.15, 0.2) is 5.96 Å². The molecule has 0 unspecified atom stereocenters. The third-order valence-electron chi connectivity index (χ3n) is 4.60. The summed E-state index contributed by atoms with van der Waals surface area (Å²) in [6.07, 6.45) is 2.89. The first-order valence-electron chi connectivity index (χ1n) is 9.42. The molecular formula is C20H28N4O3. The first-order valence-corrected chi connectivity index (χ1v) is 9.42. The Morgan fingerprint density at radius 3 is 2.67 bits per heavy atom. The van der Waals surface area contributed by atoms with Crippen molar-refractivity contribution in [2.45, 2.75) is 38.8 Å². The predicted molar refractivity (Wildman–Crippen MR) is 104 cm³/mol. The monoisotopic (exact) mass is 372 g/mol. The van der Waals surface area contributed by atoms with Crippen molar-refractivity contribution in [2.75, 3.05) is 26.3 Å². The van der Waals surface area contributed by atoms with Crippen LogP contribution in [0.4, 0.5) is 0 Å². The topological polar surface area (TPSA) is 91.9 Å². The molecule has 146 valence electrons. The first kappa shape index (κ1) is 19.4. The van der Waals surface area contributed by atoms with Gasteiger partial charge < -0.3 is 24.9 Å². The number of aliphatic hydroxyl groups is 1. The quantitative estimate of drug-likeness (QED) is 0.532. The summed E-state index contributed by atoms with van der Waals surface area (Å²) in [5.74, 6) is 1.24. The molecule has 1 fully saturated rings. The second-order valence-electron chi connectivity index (χ2n) is 6.90. The number of nitrogens with zero attached hydrogens (tertiary/aromatic N) is 2. The number of nitrogens with one attached hydrogen (secondary N) is 2. The molecule has 2 aromatic rings. The number of oxazole rings is 1. The van der Waals surface area contributed by atoms with Crippen LogP contribution >= 0.6 is 0 Å². The van der Waals surface area contributed by atoms with E-state index in [1.165, 1.54) is 5.56 Å². The fourth-order valence-corrected chi connectivity index (χ4v) is 2.89. The molecule has 1 saturated heterocycles. The van der Waals surface area contributed by atoms with Crippen LogP contribution in [0, 0.1) is 6.92 Å². The van der Waals surface area contributed by atoms with Gasteiger partial charge in [-0.05, 0) is 26.0 Å². The van der Waals surface area contributed by atoms with Crippen molar-refractivity contribution in [1.29, 1.82) is 0 Å². The lowest BCUT2D eigenvalue weighted by molar-refractivity contribution is -0.0594. The minimum atomic E-state index is -0.749. The molecule has 3 rings (SSSR count). The smallest absolute Gasteiger partial charge is 0.226 e. The Morgan fingerprint density at radius 1 is 1.22 bits per heavy atom. The summed E-state index contributed by atoms with van der Waals surface area (Å²) in [5.41, 5.74) is 2.15. The fraction of sp³-hybridized carbons (Fsp3) is 0.500. The number of hydrogen-bond acceptors (Lipinski definition) is 5. The maximum atomic E-state index is 10.6. The molecule has 0 bridgehead atoms. The Balaban J connectivity index is 1.60. The van der Waals surface area contributed by atoms with Crippen molar-refractivity contribution in [1.82, 2.24) is 15.6 Å². The Kier molecular flexibility index (Phi) is 6.47. The molecular weight excluding hydrogens is 344 g/mol. The number of rotatable bonds is 6. The van der Waals surface area contributed by atoms with Gasteiger partial charge in [-0.15, -0.1) is 0 Å². The second kappa shape index (κ2) is 9.01. The summed E-state index contributed by atoms with van der Waals surface area (Å²) < 4.78 is 10.9. The molecule has 3 N–H and O–H groups in total. The van der Waals surface area contributed by atoms with E-state index in [4.69, 9.17) is 9.15 Å². The van der Waals surface area contributed by atoms with Gasteiger partial charge in [0.2, 0.25) is 5.89 Å². The summed E-state index contributed by atoms with van der Waals surface area (Å²) in [7, 11) is 0. The molecule has 27 heavy (non-hydrogen) atoms. The Bertz CT molecular complexity index is 749. The maximum Gasteiger partial charge on any atom is 0.226 e. The van der Waals surface area contributed by atoms with Gasteiger partial charge in [-0.2, -0.15) is 0 Å². The number of aliphatic imine (C=N–C) groups is 1. The number of ether oxygens (including phenoxy) is 1. The van der Waals surface area contributed by atoms with Gasteiger partial charge in [0.05, 0.1) is 12.1 Å². The molecule has 7 heteroatoms. The Labute approximate surface area is 159 Å². The molecule has 0 aliphatic carbocycles. The van der Waals surface area contributed by atoms with Crippen LogP contribution in [0.15, 0.2) is 39.9 Å². The minimum Gasteiger partial charge on any atom is -0.444 e. The van der Waals surface area contributed by atoms with Crippen molar-refractivity contribution in [3.8, 4) is 11.5 Å². The third-order valence-corrected chi connectivity index (χ3v) is 4.60. The number of aryl methyl sites for hydroxylation is 1. The minimum absolute atomic E-state index is 0.395. The van der Waals surface area contributed by atoms with E-state index < -0.39 is 5.60 Å². The number of benzene rings is 1. The lowest BCUT2D eigenvalue weighted by Crippen LogP contribution is -2.49. The van der Waals surface area contributed by atoms with Gasteiger partial charge in [-0.25, -0.2) is 9.98 Å². The van der Waals surface area contributed by atoms with Crippen LogP contribution in [0.25, 0.3) is 11.5 Å². The SMILES string of the molecule is CCNC(=NCc1coc(-c2ccc(C)cc2)n1)NCC1(O)CCOCC1. The van der Waals surface area contributed by atoms with Crippen LogP contribution in [0.2, 0.25) is 0 Å². The van der Waals surface area contributed by atoms with Gasteiger partial charge >= 0.3 is 0 Å². The van der Waals surface area contributed by atoms with Crippen molar-refractivity contribution in [3.63, 3.8) is 0 Å². The van der Waals surface area contributed by atoms with Gasteiger partial charge in [-0.3, -0.25) is 0 Å². The largest absolute Gasteiger partial charge is 0.444 e. The number of guanidine groups is 1. The molecule has 0 amide bonds. The van der Waals surface area contributed by atoms with E-state index >= 15 is 0 Å². The van der Waals surface area contributed by atoms with E-state index in [1.807, 2.05) is 38.1 Å². The summed E-state index contributed by atoms with van der Waals surface area (Å²) in [5, 5.41) is 17.0. The molecule has 1 aromatic heterocycles. The fourth-order valence-electron chi connectivity index (χ4n) is 2.89.